The molecular formula is C33H36N4O4. The van der Waals surface area contributed by atoms with Crippen molar-refractivity contribution in [3.05, 3.63) is 95.6 Å². The van der Waals surface area contributed by atoms with E-state index in [-0.39, 0.29) is 23.6 Å². The summed E-state index contributed by atoms with van der Waals surface area (Å²) in [5, 5.41) is 3.42. The molecule has 2 atom stereocenters. The topological polar surface area (TPSA) is 106 Å². The molecule has 8 nitrogen and oxygen atoms in total. The van der Waals surface area contributed by atoms with Crippen molar-refractivity contribution < 1.29 is 19.1 Å². The van der Waals surface area contributed by atoms with Gasteiger partial charge >= 0.3 is 0 Å². The van der Waals surface area contributed by atoms with Gasteiger partial charge in [-0.25, -0.2) is 0 Å². The van der Waals surface area contributed by atoms with Crippen LogP contribution in [0.25, 0.3) is 5.70 Å². The highest BCUT2D eigenvalue weighted by atomic mass is 16.5. The molecule has 3 aromatic rings. The molecule has 1 saturated carbocycles. The van der Waals surface area contributed by atoms with Gasteiger partial charge in [-0.05, 0) is 54.3 Å². The first-order chi connectivity index (χ1) is 19.9. The van der Waals surface area contributed by atoms with Gasteiger partial charge in [-0.15, -0.1) is 0 Å². The number of likely N-dealkylation sites (tertiary alicyclic amines) is 1. The summed E-state index contributed by atoms with van der Waals surface area (Å²) in [6.07, 6.45) is 4.19. The summed E-state index contributed by atoms with van der Waals surface area (Å²) in [4.78, 5) is 32.6. The number of rotatable bonds is 11. The van der Waals surface area contributed by atoms with Crippen molar-refractivity contribution in [1.29, 1.82) is 0 Å². The highest BCUT2D eigenvalue weighted by Crippen LogP contribution is 2.59. The van der Waals surface area contributed by atoms with Crippen LogP contribution in [0, 0.1) is 11.3 Å². The molecule has 8 heteroatoms. The number of ether oxygens (including phenoxy) is 2. The van der Waals surface area contributed by atoms with Gasteiger partial charge in [0.1, 0.15) is 17.3 Å². The van der Waals surface area contributed by atoms with E-state index in [0.717, 1.165) is 35.4 Å². The number of nitrogens with two attached hydrogens (primary N) is 1. The van der Waals surface area contributed by atoms with E-state index >= 15 is 0 Å². The molecule has 0 aromatic heterocycles. The van der Waals surface area contributed by atoms with Gasteiger partial charge in [0.2, 0.25) is 5.91 Å². The number of amides is 2. The Morgan fingerprint density at radius 2 is 1.90 bits per heavy atom. The lowest BCUT2D eigenvalue weighted by Crippen LogP contribution is -2.31. The van der Waals surface area contributed by atoms with Crippen molar-refractivity contribution in [3.8, 4) is 11.5 Å². The third-order valence-electron chi connectivity index (χ3n) is 7.79. The Hall–Kier alpha value is -4.59. The number of anilines is 1. The van der Waals surface area contributed by atoms with Crippen LogP contribution in [-0.2, 0) is 22.6 Å². The predicted octanol–water partition coefficient (Wildman–Crippen LogP) is 5.04. The van der Waals surface area contributed by atoms with Crippen molar-refractivity contribution in [2.45, 2.75) is 32.7 Å². The van der Waals surface area contributed by atoms with E-state index < -0.39 is 5.41 Å². The van der Waals surface area contributed by atoms with Crippen LogP contribution in [0.15, 0.2) is 83.9 Å². The molecule has 1 heterocycles. The number of methoxy groups -OCH3 is 2. The molecule has 1 aliphatic heterocycles. The van der Waals surface area contributed by atoms with Crippen molar-refractivity contribution in [1.82, 2.24) is 4.90 Å². The molecule has 212 valence electrons. The monoisotopic (exact) mass is 552 g/mol. The van der Waals surface area contributed by atoms with Crippen LogP contribution in [0.5, 0.6) is 11.5 Å². The number of hydrogen-bond acceptors (Lipinski definition) is 5. The minimum Gasteiger partial charge on any atom is -0.497 e. The second-order valence-electron chi connectivity index (χ2n) is 10.6. The lowest BCUT2D eigenvalue weighted by atomic mass is 10.0. The van der Waals surface area contributed by atoms with Gasteiger partial charge in [0, 0.05) is 42.2 Å². The second kappa shape index (κ2) is 11.9. The fourth-order valence-corrected chi connectivity index (χ4v) is 5.53. The van der Waals surface area contributed by atoms with Gasteiger partial charge in [-0.3, -0.25) is 9.59 Å². The number of fused-ring (bicyclic) bond motifs is 1. The van der Waals surface area contributed by atoms with Gasteiger partial charge < -0.3 is 25.4 Å². The SMILES string of the molecule is CCCc1cccc(/C(=C/C(N)=NC(=O)C23CC2C(=O)N(Cc2ccc(OC)cc2OC)C3)Nc2ccccc2)c1. The molecule has 41 heavy (non-hydrogen) atoms. The Morgan fingerprint density at radius 1 is 1.10 bits per heavy atom. The second-order valence-corrected chi connectivity index (χ2v) is 10.6. The van der Waals surface area contributed by atoms with E-state index in [0.29, 0.717) is 31.0 Å². The highest BCUT2D eigenvalue weighted by Gasteiger charge is 2.69. The zero-order valence-electron chi connectivity index (χ0n) is 23.7. The van der Waals surface area contributed by atoms with Gasteiger partial charge in [-0.1, -0.05) is 49.7 Å². The number of carbonyl (C=O) groups excluding carboxylic acids is 2. The number of aliphatic imine (C=N–C) groups is 1. The number of para-hydroxylation sites is 1. The van der Waals surface area contributed by atoms with Crippen molar-refractivity contribution in [3.63, 3.8) is 0 Å². The molecule has 0 bridgehead atoms. The first-order valence-corrected chi connectivity index (χ1v) is 13.9. The predicted molar refractivity (Wildman–Crippen MR) is 161 cm³/mol. The third kappa shape index (κ3) is 5.96. The minimum atomic E-state index is -0.830. The molecular weight excluding hydrogens is 516 g/mol. The van der Waals surface area contributed by atoms with Gasteiger partial charge in [0.15, 0.2) is 0 Å². The summed E-state index contributed by atoms with van der Waals surface area (Å²) in [5.41, 5.74) is 10.2. The van der Waals surface area contributed by atoms with Gasteiger partial charge in [0.25, 0.3) is 5.91 Å². The van der Waals surface area contributed by atoms with E-state index in [9.17, 15) is 9.59 Å². The largest absolute Gasteiger partial charge is 0.497 e. The van der Waals surface area contributed by atoms with Crippen LogP contribution in [-0.4, -0.2) is 43.3 Å². The summed E-state index contributed by atoms with van der Waals surface area (Å²) >= 11 is 0. The average Bonchev–Trinajstić information content (AvgIpc) is 3.65. The normalized spacial score (nSPS) is 20.0. The minimum absolute atomic E-state index is 0.0419. The zero-order chi connectivity index (χ0) is 29.0. The number of piperidine rings is 1. The Kier molecular flexibility index (Phi) is 8.10. The quantitative estimate of drug-likeness (QED) is 0.255. The Morgan fingerprint density at radius 3 is 2.63 bits per heavy atom. The molecule has 0 radical (unpaired) electrons. The maximum atomic E-state index is 13.4. The molecule has 5 rings (SSSR count). The first kappa shape index (κ1) is 28.0. The summed E-state index contributed by atoms with van der Waals surface area (Å²) in [7, 11) is 3.17. The molecule has 2 unspecified atom stereocenters. The lowest BCUT2D eigenvalue weighted by Gasteiger charge is -2.21. The highest BCUT2D eigenvalue weighted by molar-refractivity contribution is 6.09. The summed E-state index contributed by atoms with van der Waals surface area (Å²) in [6.45, 7) is 2.80. The van der Waals surface area contributed by atoms with Crippen molar-refractivity contribution >= 4 is 29.0 Å². The van der Waals surface area contributed by atoms with Crippen LogP contribution >= 0.6 is 0 Å². The van der Waals surface area contributed by atoms with Crippen LogP contribution in [0.4, 0.5) is 5.69 Å². The van der Waals surface area contributed by atoms with E-state index in [2.05, 4.69) is 29.4 Å². The molecule has 1 aliphatic carbocycles. The first-order valence-electron chi connectivity index (χ1n) is 13.9. The summed E-state index contributed by atoms with van der Waals surface area (Å²) in [6, 6.07) is 23.5. The third-order valence-corrected chi connectivity index (χ3v) is 7.79. The molecule has 0 spiro atoms. The molecule has 2 fully saturated rings. The molecule has 3 N–H and O–H groups in total. The average molecular weight is 553 g/mol. The number of carbonyl (C=O) groups is 2. The standard InChI is InChI=1S/C33H36N4O4/c1-4-9-22-10-8-11-23(16-22)28(35-25-12-6-5-7-13-25)18-30(34)36-32(39)33-19-27(33)31(38)37(21-33)20-24-14-15-26(40-2)17-29(24)41-3/h5-8,10-18,27,35H,4,9,19-21H2,1-3H3,(H2,34,36,39)/b28-18-. The van der Waals surface area contributed by atoms with Gasteiger partial charge in [0.05, 0.1) is 25.6 Å². The van der Waals surface area contributed by atoms with Crippen LogP contribution < -0.4 is 20.5 Å². The fourth-order valence-electron chi connectivity index (χ4n) is 5.53. The van der Waals surface area contributed by atoms with E-state index in [4.69, 9.17) is 15.2 Å². The smallest absolute Gasteiger partial charge is 0.256 e. The fraction of sp³-hybridized carbons (Fsp3) is 0.303. The van der Waals surface area contributed by atoms with E-state index in [1.165, 1.54) is 5.56 Å². The Labute approximate surface area is 240 Å². The molecule has 2 amide bonds. The van der Waals surface area contributed by atoms with Gasteiger partial charge in [-0.2, -0.15) is 4.99 Å². The Balaban J connectivity index is 1.36. The number of nitrogens with zero attached hydrogens (tertiary/aromatic N) is 2. The number of nitrogens with one attached hydrogen (secondary N) is 1. The Bertz CT molecular complexity index is 1500. The lowest BCUT2D eigenvalue weighted by molar-refractivity contribution is -0.130. The zero-order valence-corrected chi connectivity index (χ0v) is 23.7. The number of amidine groups is 1. The summed E-state index contributed by atoms with van der Waals surface area (Å²) < 4.78 is 10.8. The van der Waals surface area contributed by atoms with Crippen LogP contribution in [0.2, 0.25) is 0 Å². The number of hydrogen-bond donors (Lipinski definition) is 2. The van der Waals surface area contributed by atoms with E-state index in [1.54, 1.807) is 31.3 Å². The number of aryl methyl sites for hydroxylation is 1. The van der Waals surface area contributed by atoms with Crippen LogP contribution in [0.3, 0.4) is 0 Å². The maximum Gasteiger partial charge on any atom is 0.256 e. The molecule has 3 aromatic carbocycles. The molecule has 2 aliphatic rings. The maximum absolute atomic E-state index is 13.4. The number of benzene rings is 3. The van der Waals surface area contributed by atoms with E-state index in [1.807, 2.05) is 54.6 Å². The molecule has 1 saturated heterocycles. The summed E-state index contributed by atoms with van der Waals surface area (Å²) in [5.74, 6) is 0.632. The van der Waals surface area contributed by atoms with Crippen molar-refractivity contribution in [2.75, 3.05) is 26.1 Å². The van der Waals surface area contributed by atoms with Crippen molar-refractivity contribution in [2.24, 2.45) is 22.1 Å². The van der Waals surface area contributed by atoms with Crippen LogP contribution in [0.1, 0.15) is 36.5 Å².